The Morgan fingerprint density at radius 1 is 1.20 bits per heavy atom. The first-order valence-corrected chi connectivity index (χ1v) is 7.56. The molecule has 1 aromatic heterocycles. The van der Waals surface area contributed by atoms with Crippen molar-refractivity contribution in [2.75, 3.05) is 12.4 Å². The van der Waals surface area contributed by atoms with Gasteiger partial charge in [0.15, 0.2) is 0 Å². The van der Waals surface area contributed by atoms with Crippen LogP contribution in [0, 0.1) is 0 Å². The van der Waals surface area contributed by atoms with Crippen molar-refractivity contribution in [3.05, 3.63) is 58.4 Å². The lowest BCUT2D eigenvalue weighted by molar-refractivity contribution is 0.415. The van der Waals surface area contributed by atoms with Crippen molar-refractivity contribution in [1.82, 2.24) is 0 Å². The van der Waals surface area contributed by atoms with E-state index in [1.807, 2.05) is 18.2 Å². The van der Waals surface area contributed by atoms with Crippen LogP contribution in [0.25, 0.3) is 10.1 Å². The molecule has 0 aliphatic heterocycles. The van der Waals surface area contributed by atoms with Gasteiger partial charge >= 0.3 is 0 Å². The number of halogens is 1. The molecule has 3 rings (SSSR count). The number of fused-ring (bicyclic) bond motifs is 1. The predicted molar refractivity (Wildman–Crippen MR) is 87.2 cm³/mol. The summed E-state index contributed by atoms with van der Waals surface area (Å²) in [7, 11) is 1.62. The van der Waals surface area contributed by atoms with Gasteiger partial charge in [0.05, 0.1) is 12.1 Å². The average molecular weight is 304 g/mol. The van der Waals surface area contributed by atoms with Gasteiger partial charge in [-0.25, -0.2) is 0 Å². The molecular weight excluding hydrogens is 290 g/mol. The van der Waals surface area contributed by atoms with E-state index in [2.05, 4.69) is 35.0 Å². The number of ether oxygens (including phenoxy) is 1. The van der Waals surface area contributed by atoms with E-state index >= 15 is 0 Å². The molecule has 0 saturated heterocycles. The van der Waals surface area contributed by atoms with Gasteiger partial charge in [0.25, 0.3) is 0 Å². The second kappa shape index (κ2) is 5.73. The fourth-order valence-electron chi connectivity index (χ4n) is 2.14. The van der Waals surface area contributed by atoms with E-state index in [1.165, 1.54) is 15.6 Å². The largest absolute Gasteiger partial charge is 0.495 e. The van der Waals surface area contributed by atoms with Gasteiger partial charge in [-0.2, -0.15) is 0 Å². The third-order valence-corrected chi connectivity index (χ3v) is 4.52. The van der Waals surface area contributed by atoms with Crippen LogP contribution in [0.15, 0.2) is 47.8 Å². The smallest absolute Gasteiger partial charge is 0.139 e. The van der Waals surface area contributed by atoms with Crippen LogP contribution in [0.4, 0.5) is 5.69 Å². The molecule has 0 bridgehead atoms. The molecule has 0 aliphatic rings. The Hall–Kier alpha value is -1.71. The van der Waals surface area contributed by atoms with Crippen LogP contribution in [0.2, 0.25) is 5.02 Å². The quantitative estimate of drug-likeness (QED) is 0.717. The SMILES string of the molecule is COc1cc(NCc2csc3ccccc23)ccc1Cl. The highest BCUT2D eigenvalue weighted by molar-refractivity contribution is 7.17. The Morgan fingerprint density at radius 2 is 2.05 bits per heavy atom. The molecule has 0 spiro atoms. The van der Waals surface area contributed by atoms with Crippen molar-refractivity contribution >= 4 is 38.7 Å². The van der Waals surface area contributed by atoms with Crippen molar-refractivity contribution in [3.8, 4) is 5.75 Å². The van der Waals surface area contributed by atoms with Gasteiger partial charge in [0, 0.05) is 23.0 Å². The summed E-state index contributed by atoms with van der Waals surface area (Å²) >= 11 is 7.80. The maximum absolute atomic E-state index is 6.02. The normalized spacial score (nSPS) is 10.7. The van der Waals surface area contributed by atoms with E-state index < -0.39 is 0 Å². The number of hydrogen-bond acceptors (Lipinski definition) is 3. The van der Waals surface area contributed by atoms with E-state index in [9.17, 15) is 0 Å². The zero-order chi connectivity index (χ0) is 13.9. The molecule has 3 aromatic rings. The molecule has 4 heteroatoms. The van der Waals surface area contributed by atoms with Gasteiger partial charge in [0.2, 0.25) is 0 Å². The predicted octanol–water partition coefficient (Wildman–Crippen LogP) is 5.18. The molecule has 0 saturated carbocycles. The van der Waals surface area contributed by atoms with Crippen LogP contribution in [0.3, 0.4) is 0 Å². The summed E-state index contributed by atoms with van der Waals surface area (Å²) in [6.45, 7) is 0.787. The Labute approximate surface area is 127 Å². The molecule has 2 aromatic carbocycles. The molecule has 0 unspecified atom stereocenters. The zero-order valence-corrected chi connectivity index (χ0v) is 12.6. The monoisotopic (exact) mass is 303 g/mol. The number of thiophene rings is 1. The lowest BCUT2D eigenvalue weighted by Crippen LogP contribution is -1.99. The van der Waals surface area contributed by atoms with E-state index in [1.54, 1.807) is 18.4 Å². The summed E-state index contributed by atoms with van der Waals surface area (Å²) in [6.07, 6.45) is 0. The minimum absolute atomic E-state index is 0.624. The average Bonchev–Trinajstić information content (AvgIpc) is 2.90. The Morgan fingerprint density at radius 3 is 2.90 bits per heavy atom. The van der Waals surface area contributed by atoms with Crippen molar-refractivity contribution in [2.24, 2.45) is 0 Å². The molecule has 0 amide bonds. The molecule has 0 fully saturated rings. The van der Waals surface area contributed by atoms with Crippen LogP contribution in [0.5, 0.6) is 5.75 Å². The molecule has 102 valence electrons. The number of hydrogen-bond donors (Lipinski definition) is 1. The molecular formula is C16H14ClNOS. The first kappa shape index (κ1) is 13.3. The highest BCUT2D eigenvalue weighted by Gasteiger charge is 2.05. The summed E-state index contributed by atoms with van der Waals surface area (Å²) in [5.41, 5.74) is 2.31. The minimum atomic E-state index is 0.624. The minimum Gasteiger partial charge on any atom is -0.495 e. The first-order chi connectivity index (χ1) is 9.78. The van der Waals surface area contributed by atoms with Gasteiger partial charge in [-0.05, 0) is 34.5 Å². The molecule has 1 N–H and O–H groups in total. The number of methoxy groups -OCH3 is 1. The number of nitrogens with one attached hydrogen (secondary N) is 1. The van der Waals surface area contributed by atoms with Crippen molar-refractivity contribution in [2.45, 2.75) is 6.54 Å². The lowest BCUT2D eigenvalue weighted by Gasteiger charge is -2.09. The number of benzene rings is 2. The fraction of sp³-hybridized carbons (Fsp3) is 0.125. The number of rotatable bonds is 4. The van der Waals surface area contributed by atoms with Crippen LogP contribution >= 0.6 is 22.9 Å². The second-order valence-corrected chi connectivity index (χ2v) is 5.78. The van der Waals surface area contributed by atoms with E-state index in [0.717, 1.165) is 12.2 Å². The molecule has 2 nitrogen and oxygen atoms in total. The van der Waals surface area contributed by atoms with Gasteiger partial charge in [-0.3, -0.25) is 0 Å². The molecule has 0 atom stereocenters. The lowest BCUT2D eigenvalue weighted by atomic mass is 10.2. The number of anilines is 1. The van der Waals surface area contributed by atoms with Crippen LogP contribution in [-0.4, -0.2) is 7.11 Å². The topological polar surface area (TPSA) is 21.3 Å². The Bertz CT molecular complexity index is 738. The van der Waals surface area contributed by atoms with Gasteiger partial charge in [-0.15, -0.1) is 11.3 Å². The maximum Gasteiger partial charge on any atom is 0.139 e. The summed E-state index contributed by atoms with van der Waals surface area (Å²) in [5, 5.41) is 7.54. The van der Waals surface area contributed by atoms with Crippen molar-refractivity contribution in [3.63, 3.8) is 0 Å². The molecule has 0 radical (unpaired) electrons. The summed E-state index contributed by atoms with van der Waals surface area (Å²) < 4.78 is 6.54. The zero-order valence-electron chi connectivity index (χ0n) is 11.0. The first-order valence-electron chi connectivity index (χ1n) is 6.30. The third kappa shape index (κ3) is 2.60. The van der Waals surface area contributed by atoms with Gasteiger partial charge in [-0.1, -0.05) is 29.8 Å². The Kier molecular flexibility index (Phi) is 3.81. The van der Waals surface area contributed by atoms with Crippen LogP contribution in [0.1, 0.15) is 5.56 Å². The summed E-state index contributed by atoms with van der Waals surface area (Å²) in [4.78, 5) is 0. The standard InChI is InChI=1S/C16H14ClNOS/c1-19-15-8-12(6-7-14(15)17)18-9-11-10-20-16-5-3-2-4-13(11)16/h2-8,10,18H,9H2,1H3. The van der Waals surface area contributed by atoms with Crippen molar-refractivity contribution < 1.29 is 4.74 Å². The second-order valence-electron chi connectivity index (χ2n) is 4.46. The van der Waals surface area contributed by atoms with Crippen LogP contribution < -0.4 is 10.1 Å². The maximum atomic E-state index is 6.02. The van der Waals surface area contributed by atoms with E-state index in [-0.39, 0.29) is 0 Å². The molecule has 1 heterocycles. The van der Waals surface area contributed by atoms with Crippen molar-refractivity contribution in [1.29, 1.82) is 0 Å². The fourth-order valence-corrected chi connectivity index (χ4v) is 3.29. The Balaban J connectivity index is 1.79. The van der Waals surface area contributed by atoms with E-state index in [0.29, 0.717) is 10.8 Å². The molecule has 20 heavy (non-hydrogen) atoms. The summed E-state index contributed by atoms with van der Waals surface area (Å²) in [6, 6.07) is 14.2. The van der Waals surface area contributed by atoms with Crippen LogP contribution in [-0.2, 0) is 6.54 Å². The van der Waals surface area contributed by atoms with E-state index in [4.69, 9.17) is 16.3 Å². The van der Waals surface area contributed by atoms with Gasteiger partial charge in [0.1, 0.15) is 5.75 Å². The molecule has 0 aliphatic carbocycles. The highest BCUT2D eigenvalue weighted by atomic mass is 35.5. The van der Waals surface area contributed by atoms with Gasteiger partial charge < -0.3 is 10.1 Å². The third-order valence-electron chi connectivity index (χ3n) is 3.20. The highest BCUT2D eigenvalue weighted by Crippen LogP contribution is 2.29. The summed E-state index contributed by atoms with van der Waals surface area (Å²) in [5.74, 6) is 0.687.